The van der Waals surface area contributed by atoms with Crippen LogP contribution in [0.1, 0.15) is 36.2 Å². The summed E-state index contributed by atoms with van der Waals surface area (Å²) in [5.41, 5.74) is 0.436. The number of carbonyl (C=O) groups is 1. The van der Waals surface area contributed by atoms with Crippen molar-refractivity contribution in [3.05, 3.63) is 17.8 Å². The quantitative estimate of drug-likeness (QED) is 0.843. The number of hydrogen-bond acceptors (Lipinski definition) is 4. The van der Waals surface area contributed by atoms with Gasteiger partial charge in [-0.05, 0) is 25.0 Å². The third-order valence-electron chi connectivity index (χ3n) is 3.03. The Balaban J connectivity index is 2.06. The first-order chi connectivity index (χ1) is 8.31. The number of likely N-dealkylation sites (tertiary alicyclic amines) is 1. The van der Waals surface area contributed by atoms with Crippen molar-refractivity contribution in [2.75, 3.05) is 25.5 Å². The van der Waals surface area contributed by atoms with E-state index >= 15 is 0 Å². The smallest absolute Gasteiger partial charge is 0.274 e. The van der Waals surface area contributed by atoms with Gasteiger partial charge in [0, 0.05) is 20.1 Å². The Morgan fingerprint density at radius 1 is 1.18 bits per heavy atom. The van der Waals surface area contributed by atoms with Gasteiger partial charge >= 0.3 is 0 Å². The summed E-state index contributed by atoms with van der Waals surface area (Å²) in [6.07, 6.45) is 4.61. The summed E-state index contributed by atoms with van der Waals surface area (Å²) < 4.78 is 0. The Morgan fingerprint density at radius 3 is 2.41 bits per heavy atom. The van der Waals surface area contributed by atoms with Crippen LogP contribution >= 0.6 is 0 Å². The second-order valence-electron chi connectivity index (χ2n) is 4.26. The molecule has 1 aliphatic heterocycles. The molecule has 5 nitrogen and oxygen atoms in total. The van der Waals surface area contributed by atoms with Gasteiger partial charge in [-0.15, -0.1) is 10.2 Å². The number of hydrogen-bond donors (Lipinski definition) is 1. The average molecular weight is 234 g/mol. The Bertz CT molecular complexity index is 369. The summed E-state index contributed by atoms with van der Waals surface area (Å²) in [6, 6.07) is 3.50. The summed E-state index contributed by atoms with van der Waals surface area (Å²) >= 11 is 0. The van der Waals surface area contributed by atoms with Crippen molar-refractivity contribution in [3.63, 3.8) is 0 Å². The lowest BCUT2D eigenvalue weighted by Crippen LogP contribution is -2.32. The van der Waals surface area contributed by atoms with Gasteiger partial charge in [-0.1, -0.05) is 12.8 Å². The van der Waals surface area contributed by atoms with Crippen LogP contribution in [0.5, 0.6) is 0 Å². The SMILES string of the molecule is CNc1ccc(C(=O)N2CCCCCC2)nn1. The van der Waals surface area contributed by atoms with Gasteiger partial charge in [0.1, 0.15) is 5.82 Å². The molecule has 0 saturated carbocycles. The molecule has 17 heavy (non-hydrogen) atoms. The van der Waals surface area contributed by atoms with Gasteiger partial charge in [0.2, 0.25) is 0 Å². The predicted octanol–water partition coefficient (Wildman–Crippen LogP) is 1.53. The minimum atomic E-state index is 0.00190. The lowest BCUT2D eigenvalue weighted by molar-refractivity contribution is 0.0754. The first-order valence-electron chi connectivity index (χ1n) is 6.12. The highest BCUT2D eigenvalue weighted by atomic mass is 16.2. The average Bonchev–Trinajstić information content (AvgIpc) is 2.67. The van der Waals surface area contributed by atoms with Crippen LogP contribution in [-0.4, -0.2) is 41.1 Å². The van der Waals surface area contributed by atoms with E-state index in [9.17, 15) is 4.79 Å². The van der Waals surface area contributed by atoms with Crippen molar-refractivity contribution in [2.24, 2.45) is 0 Å². The summed E-state index contributed by atoms with van der Waals surface area (Å²) in [7, 11) is 1.78. The molecule has 1 N–H and O–H groups in total. The molecule has 1 aromatic rings. The molecule has 1 aliphatic rings. The van der Waals surface area contributed by atoms with Crippen molar-refractivity contribution in [1.29, 1.82) is 0 Å². The van der Waals surface area contributed by atoms with E-state index in [1.165, 1.54) is 12.8 Å². The van der Waals surface area contributed by atoms with Crippen LogP contribution < -0.4 is 5.32 Å². The molecule has 0 aliphatic carbocycles. The molecule has 1 aromatic heterocycles. The standard InChI is InChI=1S/C12H18N4O/c1-13-11-7-6-10(14-15-11)12(17)16-8-4-2-3-5-9-16/h6-7H,2-5,8-9H2,1H3,(H,13,15). The highest BCUT2D eigenvalue weighted by Gasteiger charge is 2.18. The molecule has 0 radical (unpaired) electrons. The van der Waals surface area contributed by atoms with E-state index in [-0.39, 0.29) is 5.91 Å². The van der Waals surface area contributed by atoms with Gasteiger partial charge < -0.3 is 10.2 Å². The zero-order valence-electron chi connectivity index (χ0n) is 10.1. The molecule has 5 heteroatoms. The molecule has 2 heterocycles. The summed E-state index contributed by atoms with van der Waals surface area (Å²) in [5, 5.41) is 10.8. The summed E-state index contributed by atoms with van der Waals surface area (Å²) in [5.74, 6) is 0.680. The van der Waals surface area contributed by atoms with E-state index in [4.69, 9.17) is 0 Å². The Labute approximate surface area is 101 Å². The van der Waals surface area contributed by atoms with Crippen LogP contribution in [0.15, 0.2) is 12.1 Å². The minimum absolute atomic E-state index is 0.00190. The summed E-state index contributed by atoms with van der Waals surface area (Å²) in [6.45, 7) is 1.68. The number of rotatable bonds is 2. The topological polar surface area (TPSA) is 58.1 Å². The predicted molar refractivity (Wildman–Crippen MR) is 66.0 cm³/mol. The number of carbonyl (C=O) groups excluding carboxylic acids is 1. The van der Waals surface area contributed by atoms with Gasteiger partial charge in [0.15, 0.2) is 5.69 Å². The Kier molecular flexibility index (Phi) is 3.90. The molecule has 0 bridgehead atoms. The fourth-order valence-electron chi connectivity index (χ4n) is 2.02. The highest BCUT2D eigenvalue weighted by molar-refractivity contribution is 5.92. The van der Waals surface area contributed by atoms with Crippen LogP contribution in [0.25, 0.3) is 0 Å². The van der Waals surface area contributed by atoms with Crippen molar-refractivity contribution in [3.8, 4) is 0 Å². The van der Waals surface area contributed by atoms with E-state index in [1.54, 1.807) is 19.2 Å². The Morgan fingerprint density at radius 2 is 1.88 bits per heavy atom. The number of amides is 1. The lowest BCUT2D eigenvalue weighted by Gasteiger charge is -2.19. The molecular formula is C12H18N4O. The fraction of sp³-hybridized carbons (Fsp3) is 0.583. The van der Waals surface area contributed by atoms with E-state index in [0.29, 0.717) is 11.5 Å². The van der Waals surface area contributed by atoms with Crippen molar-refractivity contribution in [1.82, 2.24) is 15.1 Å². The largest absolute Gasteiger partial charge is 0.372 e. The number of anilines is 1. The van der Waals surface area contributed by atoms with Gasteiger partial charge in [-0.3, -0.25) is 4.79 Å². The van der Waals surface area contributed by atoms with Gasteiger partial charge in [0.25, 0.3) is 5.91 Å². The molecule has 2 rings (SSSR count). The van der Waals surface area contributed by atoms with Crippen molar-refractivity contribution < 1.29 is 4.79 Å². The maximum Gasteiger partial charge on any atom is 0.274 e. The second kappa shape index (κ2) is 5.61. The van der Waals surface area contributed by atoms with E-state index in [2.05, 4.69) is 15.5 Å². The van der Waals surface area contributed by atoms with Crippen LogP contribution in [0.2, 0.25) is 0 Å². The van der Waals surface area contributed by atoms with Crippen LogP contribution in [0, 0.1) is 0 Å². The van der Waals surface area contributed by atoms with Crippen molar-refractivity contribution in [2.45, 2.75) is 25.7 Å². The summed E-state index contributed by atoms with van der Waals surface area (Å²) in [4.78, 5) is 14.0. The lowest BCUT2D eigenvalue weighted by atomic mass is 10.2. The Hall–Kier alpha value is -1.65. The van der Waals surface area contributed by atoms with Gasteiger partial charge in [-0.25, -0.2) is 0 Å². The molecule has 0 spiro atoms. The third kappa shape index (κ3) is 2.93. The molecular weight excluding hydrogens is 216 g/mol. The monoisotopic (exact) mass is 234 g/mol. The number of nitrogens with one attached hydrogen (secondary N) is 1. The molecule has 0 atom stereocenters. The van der Waals surface area contributed by atoms with Gasteiger partial charge in [0.05, 0.1) is 0 Å². The third-order valence-corrected chi connectivity index (χ3v) is 3.03. The molecule has 1 fully saturated rings. The molecule has 0 unspecified atom stereocenters. The van der Waals surface area contributed by atoms with Crippen LogP contribution in [0.4, 0.5) is 5.82 Å². The fourth-order valence-corrected chi connectivity index (χ4v) is 2.02. The number of nitrogens with zero attached hydrogens (tertiary/aromatic N) is 3. The normalized spacial score (nSPS) is 16.4. The molecule has 92 valence electrons. The first-order valence-corrected chi connectivity index (χ1v) is 6.12. The first kappa shape index (κ1) is 11.8. The van der Waals surface area contributed by atoms with E-state index in [0.717, 1.165) is 25.9 Å². The zero-order chi connectivity index (χ0) is 12.1. The van der Waals surface area contributed by atoms with Crippen molar-refractivity contribution >= 4 is 11.7 Å². The maximum atomic E-state index is 12.2. The maximum absolute atomic E-state index is 12.2. The molecule has 0 aromatic carbocycles. The van der Waals surface area contributed by atoms with Crippen LogP contribution in [0.3, 0.4) is 0 Å². The molecule has 1 saturated heterocycles. The highest BCUT2D eigenvalue weighted by Crippen LogP contribution is 2.12. The zero-order valence-corrected chi connectivity index (χ0v) is 10.1. The van der Waals surface area contributed by atoms with Crippen LogP contribution in [-0.2, 0) is 0 Å². The minimum Gasteiger partial charge on any atom is -0.372 e. The van der Waals surface area contributed by atoms with Gasteiger partial charge in [-0.2, -0.15) is 0 Å². The number of aromatic nitrogens is 2. The second-order valence-corrected chi connectivity index (χ2v) is 4.26. The molecule has 1 amide bonds. The van der Waals surface area contributed by atoms with E-state index in [1.807, 2.05) is 4.90 Å². The van der Waals surface area contributed by atoms with E-state index < -0.39 is 0 Å².